The van der Waals surface area contributed by atoms with Crippen molar-refractivity contribution >= 4 is 5.96 Å². The van der Waals surface area contributed by atoms with Gasteiger partial charge in [-0.2, -0.15) is 0 Å². The molecule has 0 amide bonds. The molecule has 1 atom stereocenters. The maximum absolute atomic E-state index is 5.74. The van der Waals surface area contributed by atoms with Gasteiger partial charge in [0.2, 0.25) is 0 Å². The third-order valence-corrected chi connectivity index (χ3v) is 4.42. The van der Waals surface area contributed by atoms with Crippen molar-refractivity contribution in [2.24, 2.45) is 10.9 Å². The number of aliphatic imine (C=N–C) groups is 1. The monoisotopic (exact) mass is 376 g/mol. The normalized spacial score (nSPS) is 17.5. The van der Waals surface area contributed by atoms with Crippen molar-refractivity contribution in [1.82, 2.24) is 15.5 Å². The molecule has 0 aliphatic carbocycles. The largest absolute Gasteiger partial charge is 0.381 e. The average Bonchev–Trinajstić information content (AvgIpc) is 3.16. The summed E-state index contributed by atoms with van der Waals surface area (Å²) in [6.45, 7) is 8.76. The van der Waals surface area contributed by atoms with E-state index >= 15 is 0 Å². The van der Waals surface area contributed by atoms with Crippen LogP contribution in [0.4, 0.5) is 0 Å². The van der Waals surface area contributed by atoms with E-state index in [0.29, 0.717) is 12.5 Å². The molecule has 0 saturated carbocycles. The molecule has 2 N–H and O–H groups in total. The van der Waals surface area contributed by atoms with Gasteiger partial charge in [0, 0.05) is 38.8 Å². The van der Waals surface area contributed by atoms with Gasteiger partial charge < -0.3 is 25.0 Å². The number of hydrogen-bond acceptors (Lipinski definition) is 4. The Kier molecular flexibility index (Phi) is 10.2. The third-order valence-electron chi connectivity index (χ3n) is 4.42. The lowest BCUT2D eigenvalue weighted by molar-refractivity contribution is 0.0888. The molecule has 0 radical (unpaired) electrons. The molecule has 1 fully saturated rings. The summed E-state index contributed by atoms with van der Waals surface area (Å²) in [7, 11) is 4.17. The molecule has 6 nitrogen and oxygen atoms in total. The Morgan fingerprint density at radius 1 is 1.22 bits per heavy atom. The minimum absolute atomic E-state index is 0.584. The van der Waals surface area contributed by atoms with Gasteiger partial charge >= 0.3 is 0 Å². The second-order valence-corrected chi connectivity index (χ2v) is 7.33. The number of guanidine groups is 1. The Morgan fingerprint density at radius 2 is 2.00 bits per heavy atom. The zero-order valence-electron chi connectivity index (χ0n) is 17.2. The van der Waals surface area contributed by atoms with Gasteiger partial charge in [0.1, 0.15) is 0 Å². The van der Waals surface area contributed by atoms with Gasteiger partial charge in [-0.3, -0.25) is 0 Å². The summed E-state index contributed by atoms with van der Waals surface area (Å²) >= 11 is 0. The van der Waals surface area contributed by atoms with Gasteiger partial charge in [0.15, 0.2) is 5.96 Å². The van der Waals surface area contributed by atoms with Gasteiger partial charge in [-0.05, 0) is 45.0 Å². The van der Waals surface area contributed by atoms with Crippen molar-refractivity contribution in [2.75, 3.05) is 53.6 Å². The number of rotatable bonds is 11. The standard InChI is InChI=1S/C21H36N4O2/c1-4-22-21(23-11-5-12-26-16-20-10-13-27-17-20)24-14-18-6-8-19(9-7-18)15-25(2)3/h6-9,20H,4-5,10-17H2,1-3H3,(H2,22,23,24). The number of benzene rings is 1. The molecule has 1 aliphatic heterocycles. The maximum Gasteiger partial charge on any atom is 0.191 e. The van der Waals surface area contributed by atoms with Crippen LogP contribution in [0.2, 0.25) is 0 Å². The van der Waals surface area contributed by atoms with Gasteiger partial charge in [0.05, 0.1) is 19.8 Å². The van der Waals surface area contributed by atoms with Crippen molar-refractivity contribution in [3.8, 4) is 0 Å². The van der Waals surface area contributed by atoms with Gasteiger partial charge in [-0.15, -0.1) is 0 Å². The van der Waals surface area contributed by atoms with E-state index in [9.17, 15) is 0 Å². The third kappa shape index (κ3) is 9.22. The van der Waals surface area contributed by atoms with E-state index in [1.165, 1.54) is 11.1 Å². The fourth-order valence-electron chi connectivity index (χ4n) is 2.97. The van der Waals surface area contributed by atoms with Crippen LogP contribution in [0.5, 0.6) is 0 Å². The molecule has 1 saturated heterocycles. The van der Waals surface area contributed by atoms with Crippen LogP contribution in [0.3, 0.4) is 0 Å². The zero-order chi connectivity index (χ0) is 19.3. The predicted octanol–water partition coefficient (Wildman–Crippen LogP) is 2.25. The maximum atomic E-state index is 5.74. The molecule has 6 heteroatoms. The Labute approximate surface area is 164 Å². The van der Waals surface area contributed by atoms with Crippen molar-refractivity contribution in [1.29, 1.82) is 0 Å². The van der Waals surface area contributed by atoms with Crippen LogP contribution < -0.4 is 10.6 Å². The fourth-order valence-corrected chi connectivity index (χ4v) is 2.97. The number of nitrogens with one attached hydrogen (secondary N) is 2. The van der Waals surface area contributed by atoms with E-state index in [-0.39, 0.29) is 0 Å². The van der Waals surface area contributed by atoms with E-state index < -0.39 is 0 Å². The second kappa shape index (κ2) is 12.7. The second-order valence-electron chi connectivity index (χ2n) is 7.33. The molecular weight excluding hydrogens is 340 g/mol. The summed E-state index contributed by atoms with van der Waals surface area (Å²) in [6.07, 6.45) is 2.10. The minimum atomic E-state index is 0.584. The van der Waals surface area contributed by atoms with Crippen LogP contribution in [-0.2, 0) is 22.6 Å². The number of ether oxygens (including phenoxy) is 2. The summed E-state index contributed by atoms with van der Waals surface area (Å²) in [4.78, 5) is 6.85. The number of nitrogens with zero attached hydrogens (tertiary/aromatic N) is 2. The molecule has 0 spiro atoms. The highest BCUT2D eigenvalue weighted by atomic mass is 16.5. The lowest BCUT2D eigenvalue weighted by Gasteiger charge is -2.13. The first-order chi connectivity index (χ1) is 13.2. The van der Waals surface area contributed by atoms with Crippen LogP contribution in [0.15, 0.2) is 29.3 Å². The van der Waals surface area contributed by atoms with Crippen molar-refractivity contribution in [3.63, 3.8) is 0 Å². The van der Waals surface area contributed by atoms with Crippen LogP contribution in [0, 0.1) is 5.92 Å². The van der Waals surface area contributed by atoms with Crippen LogP contribution in [0.1, 0.15) is 30.9 Å². The predicted molar refractivity (Wildman–Crippen MR) is 111 cm³/mol. The van der Waals surface area contributed by atoms with E-state index in [4.69, 9.17) is 9.47 Å². The Balaban J connectivity index is 1.66. The van der Waals surface area contributed by atoms with Crippen LogP contribution >= 0.6 is 0 Å². The molecule has 0 bridgehead atoms. The van der Waals surface area contributed by atoms with Gasteiger partial charge in [-0.25, -0.2) is 4.99 Å². The molecule has 0 aromatic heterocycles. The molecule has 152 valence electrons. The first-order valence-corrected chi connectivity index (χ1v) is 10.1. The molecule has 2 rings (SSSR count). The highest BCUT2D eigenvalue weighted by Gasteiger charge is 2.15. The first-order valence-electron chi connectivity index (χ1n) is 10.1. The zero-order valence-corrected chi connectivity index (χ0v) is 17.2. The fraction of sp³-hybridized carbons (Fsp3) is 0.667. The Bertz CT molecular complexity index is 540. The summed E-state index contributed by atoms with van der Waals surface area (Å²) in [5.74, 6) is 1.44. The molecule has 1 aromatic carbocycles. The van der Waals surface area contributed by atoms with E-state index in [1.54, 1.807) is 0 Å². The molecule has 1 unspecified atom stereocenters. The van der Waals surface area contributed by atoms with E-state index in [2.05, 4.69) is 65.8 Å². The van der Waals surface area contributed by atoms with Crippen molar-refractivity contribution < 1.29 is 9.47 Å². The summed E-state index contributed by atoms with van der Waals surface area (Å²) < 4.78 is 11.1. The average molecular weight is 377 g/mol. The Hall–Kier alpha value is -1.63. The van der Waals surface area contributed by atoms with Gasteiger partial charge in [-0.1, -0.05) is 24.3 Å². The first kappa shape index (κ1) is 21.7. The van der Waals surface area contributed by atoms with Crippen molar-refractivity contribution in [3.05, 3.63) is 35.4 Å². The van der Waals surface area contributed by atoms with Gasteiger partial charge in [0.25, 0.3) is 0 Å². The lowest BCUT2D eigenvalue weighted by Crippen LogP contribution is -2.38. The van der Waals surface area contributed by atoms with E-state index in [0.717, 1.165) is 64.9 Å². The Morgan fingerprint density at radius 3 is 2.67 bits per heavy atom. The number of hydrogen-bond donors (Lipinski definition) is 2. The molecular formula is C21H36N4O2. The highest BCUT2D eigenvalue weighted by Crippen LogP contribution is 2.12. The van der Waals surface area contributed by atoms with Crippen LogP contribution in [0.25, 0.3) is 0 Å². The summed E-state index contributed by atoms with van der Waals surface area (Å²) in [5.41, 5.74) is 2.54. The SMILES string of the molecule is CCNC(=NCc1ccc(CN(C)C)cc1)NCCCOCC1CCOC1. The quantitative estimate of drug-likeness (QED) is 0.352. The summed E-state index contributed by atoms with van der Waals surface area (Å²) in [6, 6.07) is 8.68. The summed E-state index contributed by atoms with van der Waals surface area (Å²) in [5, 5.41) is 6.69. The van der Waals surface area contributed by atoms with E-state index in [1.807, 2.05) is 0 Å². The topological polar surface area (TPSA) is 58.1 Å². The molecule has 1 aromatic rings. The smallest absolute Gasteiger partial charge is 0.191 e. The lowest BCUT2D eigenvalue weighted by atomic mass is 10.1. The van der Waals surface area contributed by atoms with Crippen molar-refractivity contribution in [2.45, 2.75) is 32.9 Å². The minimum Gasteiger partial charge on any atom is -0.381 e. The van der Waals surface area contributed by atoms with Crippen LogP contribution in [-0.4, -0.2) is 64.5 Å². The molecule has 27 heavy (non-hydrogen) atoms. The molecule has 1 aliphatic rings. The highest BCUT2D eigenvalue weighted by molar-refractivity contribution is 5.79. The molecule has 1 heterocycles.